The van der Waals surface area contributed by atoms with Crippen LogP contribution in [0.4, 0.5) is 0 Å². The zero-order chi connectivity index (χ0) is 7.82. The molecule has 0 aromatic heterocycles. The van der Waals surface area contributed by atoms with Crippen LogP contribution in [-0.2, 0) is 4.79 Å². The molecule has 0 aliphatic rings. The Morgan fingerprint density at radius 1 is 1.08 bits per heavy atom. The summed E-state index contributed by atoms with van der Waals surface area (Å²) in [6.45, 7) is 2.14. The van der Waals surface area contributed by atoms with E-state index in [0.717, 1.165) is 19.3 Å². The molecule has 5 heteroatoms. The molecule has 0 saturated carbocycles. The minimum Gasteiger partial charge on any atom is -1.00 e. The number of aliphatic carboxylic acids is 1. The summed E-state index contributed by atoms with van der Waals surface area (Å²) in [5.74, 6) is -0.920. The smallest absolute Gasteiger partial charge is 1.00 e. The summed E-state index contributed by atoms with van der Waals surface area (Å²) in [5, 5.41) is 9.92. The van der Waals surface area contributed by atoms with Gasteiger partial charge in [-0.25, -0.2) is 0 Å². The van der Waals surface area contributed by atoms with E-state index < -0.39 is 5.97 Å². The summed E-state index contributed by atoms with van der Waals surface area (Å²) in [4.78, 5) is 9.92. The van der Waals surface area contributed by atoms with Gasteiger partial charge in [-0.3, -0.25) is 0 Å². The van der Waals surface area contributed by atoms with E-state index in [-0.39, 0.29) is 60.2 Å². The molecule has 2 nitrogen and oxygen atoms in total. The van der Waals surface area contributed by atoms with Gasteiger partial charge in [0.1, 0.15) is 0 Å². The van der Waals surface area contributed by atoms with E-state index >= 15 is 0 Å². The second-order valence-electron chi connectivity index (χ2n) is 2.54. The Morgan fingerprint density at radius 2 is 1.54 bits per heavy atom. The van der Waals surface area contributed by atoms with Crippen molar-refractivity contribution in [2.45, 2.75) is 45.4 Å². The Morgan fingerprint density at radius 3 is 1.92 bits per heavy atom. The van der Waals surface area contributed by atoms with E-state index in [4.69, 9.17) is 0 Å². The Hall–Kier alpha value is 1.07. The fourth-order valence-corrected chi connectivity index (χ4v) is 0.873. The van der Waals surface area contributed by atoms with Crippen LogP contribution in [0.2, 0.25) is 0 Å². The SMILES string of the molecule is CCCCCCCC(=O)[O-].[Br-].[Br-].[Ga+3]. The van der Waals surface area contributed by atoms with Crippen molar-refractivity contribution < 1.29 is 43.9 Å². The molecule has 0 spiro atoms. The van der Waals surface area contributed by atoms with Crippen LogP contribution in [0.5, 0.6) is 0 Å². The van der Waals surface area contributed by atoms with Crippen LogP contribution in [-0.4, -0.2) is 25.8 Å². The van der Waals surface area contributed by atoms with Crippen LogP contribution >= 0.6 is 0 Å². The van der Waals surface area contributed by atoms with Crippen LogP contribution in [0.3, 0.4) is 0 Å². The minimum absolute atomic E-state index is 0. The fraction of sp³-hybridized carbons (Fsp3) is 0.875. The first-order valence-corrected chi connectivity index (χ1v) is 3.97. The number of rotatable bonds is 6. The van der Waals surface area contributed by atoms with Gasteiger partial charge in [0.2, 0.25) is 0 Å². The van der Waals surface area contributed by atoms with Crippen molar-refractivity contribution in [2.75, 3.05) is 0 Å². The van der Waals surface area contributed by atoms with Gasteiger partial charge < -0.3 is 43.9 Å². The molecule has 0 unspecified atom stereocenters. The minimum atomic E-state index is -0.920. The Bertz CT molecular complexity index is 102. The number of halogens is 2. The zero-order valence-corrected chi connectivity index (χ0v) is 13.5. The van der Waals surface area contributed by atoms with E-state index in [0.29, 0.717) is 0 Å². The van der Waals surface area contributed by atoms with Crippen LogP contribution in [0.15, 0.2) is 0 Å². The Kier molecular flexibility index (Phi) is 34.2. The van der Waals surface area contributed by atoms with Gasteiger partial charge in [0.25, 0.3) is 0 Å². The third-order valence-electron chi connectivity index (χ3n) is 1.48. The number of hydrogen-bond acceptors (Lipinski definition) is 2. The monoisotopic (exact) mass is 370 g/mol. The quantitative estimate of drug-likeness (QED) is 0.345. The van der Waals surface area contributed by atoms with Crippen molar-refractivity contribution in [1.29, 1.82) is 0 Å². The average molecular weight is 373 g/mol. The third-order valence-corrected chi connectivity index (χ3v) is 1.48. The third kappa shape index (κ3) is 24.6. The van der Waals surface area contributed by atoms with Crippen molar-refractivity contribution in [2.24, 2.45) is 0 Å². The normalized spacial score (nSPS) is 7.46. The Labute approximate surface area is 114 Å². The molecular formula is C8H15Br2GaO2. The second kappa shape index (κ2) is 18.8. The number of carbonyl (C=O) groups is 1. The first kappa shape index (κ1) is 23.7. The Balaban J connectivity index is -0.000000135. The second-order valence-corrected chi connectivity index (χ2v) is 2.54. The van der Waals surface area contributed by atoms with Crippen molar-refractivity contribution in [3.8, 4) is 0 Å². The molecule has 0 saturated heterocycles. The van der Waals surface area contributed by atoms with Crippen molar-refractivity contribution in [3.05, 3.63) is 0 Å². The fourth-order valence-electron chi connectivity index (χ4n) is 0.873. The van der Waals surface area contributed by atoms with Gasteiger partial charge in [-0.2, -0.15) is 0 Å². The molecule has 76 valence electrons. The number of carbonyl (C=O) groups excluding carboxylic acids is 1. The van der Waals surface area contributed by atoms with E-state index in [1.54, 1.807) is 0 Å². The molecule has 0 bridgehead atoms. The molecule has 13 heavy (non-hydrogen) atoms. The maximum Gasteiger partial charge on any atom is 3.00 e. The molecule has 0 aliphatic carbocycles. The number of unbranched alkanes of at least 4 members (excludes halogenated alkanes) is 4. The van der Waals surface area contributed by atoms with Gasteiger partial charge in [-0.1, -0.05) is 32.6 Å². The van der Waals surface area contributed by atoms with Crippen molar-refractivity contribution in [1.82, 2.24) is 0 Å². The molecule has 0 amide bonds. The van der Waals surface area contributed by atoms with Gasteiger partial charge in [-0.05, 0) is 12.8 Å². The number of carboxylic acid groups (broad SMARTS) is 1. The van der Waals surface area contributed by atoms with E-state index in [1.807, 2.05) is 0 Å². The molecule has 0 aromatic carbocycles. The van der Waals surface area contributed by atoms with Crippen molar-refractivity contribution in [3.63, 3.8) is 0 Å². The molecule has 0 rings (SSSR count). The van der Waals surface area contributed by atoms with Crippen LogP contribution < -0.4 is 39.1 Å². The molecule has 0 radical (unpaired) electrons. The molecule has 0 aliphatic heterocycles. The largest absolute Gasteiger partial charge is 3.00 e. The van der Waals surface area contributed by atoms with Gasteiger partial charge in [0.15, 0.2) is 0 Å². The number of hydrogen-bond donors (Lipinski definition) is 0. The first-order valence-electron chi connectivity index (χ1n) is 3.97. The summed E-state index contributed by atoms with van der Waals surface area (Å²) < 4.78 is 0. The average Bonchev–Trinajstić information content (AvgIpc) is 1.87. The van der Waals surface area contributed by atoms with E-state index in [2.05, 4.69) is 6.92 Å². The maximum atomic E-state index is 9.92. The maximum absolute atomic E-state index is 9.92. The summed E-state index contributed by atoms with van der Waals surface area (Å²) >= 11 is 0. The molecular weight excluding hydrogens is 358 g/mol. The summed E-state index contributed by atoms with van der Waals surface area (Å²) in [7, 11) is 0. The van der Waals surface area contributed by atoms with E-state index in [9.17, 15) is 9.90 Å². The van der Waals surface area contributed by atoms with Gasteiger partial charge >= 0.3 is 19.8 Å². The van der Waals surface area contributed by atoms with Gasteiger partial charge in [0, 0.05) is 5.97 Å². The van der Waals surface area contributed by atoms with Gasteiger partial charge in [0.05, 0.1) is 0 Å². The van der Waals surface area contributed by atoms with Crippen LogP contribution in [0.1, 0.15) is 45.4 Å². The summed E-state index contributed by atoms with van der Waals surface area (Å²) in [5.41, 5.74) is 0. The van der Waals surface area contributed by atoms with Crippen LogP contribution in [0.25, 0.3) is 0 Å². The summed E-state index contributed by atoms with van der Waals surface area (Å²) in [6, 6.07) is 0. The van der Waals surface area contributed by atoms with Gasteiger partial charge in [-0.15, -0.1) is 0 Å². The molecule has 0 aromatic rings. The molecule has 0 heterocycles. The topological polar surface area (TPSA) is 40.1 Å². The van der Waals surface area contributed by atoms with Crippen molar-refractivity contribution >= 4 is 25.8 Å². The van der Waals surface area contributed by atoms with E-state index in [1.165, 1.54) is 12.8 Å². The molecule has 0 fully saturated rings. The molecule has 0 N–H and O–H groups in total. The number of carboxylic acids is 1. The summed E-state index contributed by atoms with van der Waals surface area (Å²) in [6.07, 6.45) is 5.61. The molecule has 0 atom stereocenters. The predicted octanol–water partition coefficient (Wildman–Crippen LogP) is -5.28. The zero-order valence-electron chi connectivity index (χ0n) is 7.89. The van der Waals surface area contributed by atoms with Crippen LogP contribution in [0, 0.1) is 0 Å². The standard InChI is InChI=1S/C8H16O2.2BrH.Ga/c1-2-3-4-5-6-7-8(9)10;;;/h2-7H2,1H3,(H,9,10);2*1H;/q;;;+3/p-3. The predicted molar refractivity (Wildman–Crippen MR) is 44.1 cm³/mol. The first-order chi connectivity index (χ1) is 4.77.